The number of fused-ring (bicyclic) bond motifs is 3. The number of benzene rings is 1. The van der Waals surface area contributed by atoms with E-state index >= 15 is 0 Å². The zero-order chi connectivity index (χ0) is 20.3. The van der Waals surface area contributed by atoms with E-state index in [1.165, 1.54) is 4.90 Å². The summed E-state index contributed by atoms with van der Waals surface area (Å²) in [7, 11) is 1.58. The lowest BCUT2D eigenvalue weighted by Gasteiger charge is -2.40. The van der Waals surface area contributed by atoms with Gasteiger partial charge in [-0.05, 0) is 38.5 Å². The van der Waals surface area contributed by atoms with Gasteiger partial charge in [-0.25, -0.2) is 9.79 Å². The van der Waals surface area contributed by atoms with Crippen molar-refractivity contribution in [2.45, 2.75) is 33.0 Å². The van der Waals surface area contributed by atoms with Crippen LogP contribution in [0.4, 0.5) is 10.5 Å². The number of likely N-dealkylation sites (N-methyl/N-ethyl adjacent to an activating group) is 1. The number of hydrogen-bond donors (Lipinski definition) is 1. The van der Waals surface area contributed by atoms with E-state index in [2.05, 4.69) is 0 Å². The molecule has 2 unspecified atom stereocenters. The number of primary amides is 1. The maximum absolute atomic E-state index is 13.1. The van der Waals surface area contributed by atoms with Crippen LogP contribution in [-0.4, -0.2) is 64.3 Å². The third-order valence-corrected chi connectivity index (χ3v) is 5.47. The Bertz CT molecular complexity index is 968. The molecule has 4 rings (SSSR count). The molecule has 9 nitrogen and oxygen atoms in total. The number of carbonyl (C=O) groups is 3. The molecule has 3 aliphatic rings. The highest BCUT2D eigenvalue weighted by molar-refractivity contribution is 6.11. The molecule has 1 fully saturated rings. The molecule has 3 aliphatic heterocycles. The van der Waals surface area contributed by atoms with Gasteiger partial charge in [-0.3, -0.25) is 24.3 Å². The first-order valence-electron chi connectivity index (χ1n) is 9.00. The van der Waals surface area contributed by atoms with Gasteiger partial charge in [-0.15, -0.1) is 0 Å². The summed E-state index contributed by atoms with van der Waals surface area (Å²) in [6.45, 7) is 5.46. The quantitative estimate of drug-likeness (QED) is 0.833. The van der Waals surface area contributed by atoms with E-state index in [1.807, 2.05) is 54.8 Å². The minimum Gasteiger partial charge on any atom is -0.368 e. The fourth-order valence-electron chi connectivity index (χ4n) is 3.99. The first kappa shape index (κ1) is 18.0. The minimum absolute atomic E-state index is 0.447. The highest BCUT2D eigenvalue weighted by atomic mass is 16.2. The second kappa shape index (κ2) is 6.08. The molecule has 9 heteroatoms. The molecule has 4 amide bonds. The van der Waals surface area contributed by atoms with Crippen LogP contribution in [0.5, 0.6) is 0 Å². The molecule has 3 heterocycles. The summed E-state index contributed by atoms with van der Waals surface area (Å²) < 4.78 is 0. The Hall–Kier alpha value is -3.36. The maximum atomic E-state index is 13.1. The monoisotopic (exact) mass is 382 g/mol. The maximum Gasteiger partial charge on any atom is 0.328 e. The average Bonchev–Trinajstić information content (AvgIpc) is 3.13. The molecule has 2 atom stereocenters. The molecular weight excluding hydrogens is 360 g/mol. The number of anilines is 1. The number of guanidine groups is 1. The van der Waals surface area contributed by atoms with Crippen LogP contribution in [0.25, 0.3) is 0 Å². The minimum atomic E-state index is -0.737. The van der Waals surface area contributed by atoms with Crippen molar-refractivity contribution in [3.8, 4) is 0 Å². The summed E-state index contributed by atoms with van der Waals surface area (Å²) in [5.74, 6) is -0.604. The summed E-state index contributed by atoms with van der Waals surface area (Å²) in [4.78, 5) is 47.9. The van der Waals surface area contributed by atoms with Crippen molar-refractivity contribution < 1.29 is 14.4 Å². The lowest BCUT2D eigenvalue weighted by molar-refractivity contribution is -0.139. The lowest BCUT2D eigenvalue weighted by Crippen LogP contribution is -2.65. The first-order valence-corrected chi connectivity index (χ1v) is 9.00. The predicted octanol–water partition coefficient (Wildman–Crippen LogP) is 0.812. The van der Waals surface area contributed by atoms with E-state index in [9.17, 15) is 14.4 Å². The predicted molar refractivity (Wildman–Crippen MR) is 103 cm³/mol. The summed E-state index contributed by atoms with van der Waals surface area (Å²) in [5, 5.41) is 0. The molecule has 0 aliphatic carbocycles. The van der Waals surface area contributed by atoms with Crippen LogP contribution in [0.3, 0.4) is 0 Å². The van der Waals surface area contributed by atoms with Crippen molar-refractivity contribution in [2.24, 2.45) is 10.7 Å². The number of aliphatic imine (C=N–C) groups is 1. The zero-order valence-electron chi connectivity index (χ0n) is 16.2. The van der Waals surface area contributed by atoms with Crippen LogP contribution in [0.15, 0.2) is 40.7 Å². The van der Waals surface area contributed by atoms with Crippen molar-refractivity contribution >= 4 is 29.5 Å². The van der Waals surface area contributed by atoms with Crippen LogP contribution in [0, 0.1) is 6.92 Å². The standard InChI is InChI=1S/C19H22N6O3/c1-10-6-5-7-13(8-10)24-11(2)12(3)25-15-16(21-18(24)25)22(4)19(28)23(17(15)27)9-14(20)26/h5-8,15-16H,9H2,1-4H3,(H2,20,26). The third kappa shape index (κ3) is 2.39. The van der Waals surface area contributed by atoms with E-state index in [0.29, 0.717) is 5.96 Å². The Kier molecular flexibility index (Phi) is 3.91. The number of carbonyl (C=O) groups excluding carboxylic acids is 3. The number of nitrogens with zero attached hydrogens (tertiary/aromatic N) is 5. The molecule has 146 valence electrons. The molecular formula is C19H22N6O3. The highest BCUT2D eigenvalue weighted by Crippen LogP contribution is 2.39. The number of urea groups is 1. The molecule has 0 aromatic heterocycles. The SMILES string of the molecule is CC1=C(C)N2C(=NC3C2C(=O)N(CC(N)=O)C(=O)N3C)N1c1cccc(C)c1. The summed E-state index contributed by atoms with van der Waals surface area (Å²) in [5.41, 5.74) is 9.11. The third-order valence-electron chi connectivity index (χ3n) is 5.47. The first-order chi connectivity index (χ1) is 13.2. The lowest BCUT2D eigenvalue weighted by atomic mass is 10.1. The van der Waals surface area contributed by atoms with Gasteiger partial charge < -0.3 is 10.6 Å². The Morgan fingerprint density at radius 2 is 1.89 bits per heavy atom. The molecule has 0 bridgehead atoms. The normalized spacial score (nSPS) is 24.1. The van der Waals surface area contributed by atoms with Crippen LogP contribution >= 0.6 is 0 Å². The number of nitrogens with two attached hydrogens (primary N) is 1. The van der Waals surface area contributed by atoms with Crippen molar-refractivity contribution in [2.75, 3.05) is 18.5 Å². The fourth-order valence-corrected chi connectivity index (χ4v) is 3.99. The number of imide groups is 1. The Balaban J connectivity index is 1.78. The molecule has 1 saturated heterocycles. The van der Waals surface area contributed by atoms with Crippen molar-refractivity contribution in [1.82, 2.24) is 14.7 Å². The van der Waals surface area contributed by atoms with Crippen LogP contribution < -0.4 is 10.6 Å². The van der Waals surface area contributed by atoms with Gasteiger partial charge >= 0.3 is 6.03 Å². The summed E-state index contributed by atoms with van der Waals surface area (Å²) in [6, 6.07) is 6.71. The van der Waals surface area contributed by atoms with Crippen LogP contribution in [0.2, 0.25) is 0 Å². The van der Waals surface area contributed by atoms with Gasteiger partial charge in [-0.1, -0.05) is 12.1 Å². The van der Waals surface area contributed by atoms with Gasteiger partial charge in [0, 0.05) is 24.1 Å². The van der Waals surface area contributed by atoms with Crippen LogP contribution in [0.1, 0.15) is 19.4 Å². The zero-order valence-corrected chi connectivity index (χ0v) is 16.2. The van der Waals surface area contributed by atoms with Gasteiger partial charge in [0.1, 0.15) is 6.54 Å². The van der Waals surface area contributed by atoms with E-state index in [-0.39, 0.29) is 0 Å². The number of aryl methyl sites for hydroxylation is 1. The van der Waals surface area contributed by atoms with Gasteiger partial charge in [-0.2, -0.15) is 0 Å². The number of allylic oxidation sites excluding steroid dienone is 2. The van der Waals surface area contributed by atoms with Crippen molar-refractivity contribution in [3.63, 3.8) is 0 Å². The molecule has 0 radical (unpaired) electrons. The molecule has 28 heavy (non-hydrogen) atoms. The van der Waals surface area contributed by atoms with E-state index < -0.39 is 36.6 Å². The summed E-state index contributed by atoms with van der Waals surface area (Å²) in [6.07, 6.45) is -0.658. The smallest absolute Gasteiger partial charge is 0.328 e. The Morgan fingerprint density at radius 1 is 1.18 bits per heavy atom. The second-order valence-corrected chi connectivity index (χ2v) is 7.29. The molecule has 2 N–H and O–H groups in total. The molecule has 0 saturated carbocycles. The fraction of sp³-hybridized carbons (Fsp3) is 0.368. The van der Waals surface area contributed by atoms with Gasteiger partial charge in [0.05, 0.1) is 0 Å². The van der Waals surface area contributed by atoms with Gasteiger partial charge in [0.2, 0.25) is 11.9 Å². The summed E-state index contributed by atoms with van der Waals surface area (Å²) >= 11 is 0. The van der Waals surface area contributed by atoms with Crippen molar-refractivity contribution in [3.05, 3.63) is 41.2 Å². The second-order valence-electron chi connectivity index (χ2n) is 7.29. The van der Waals surface area contributed by atoms with E-state index in [1.54, 1.807) is 7.05 Å². The van der Waals surface area contributed by atoms with Crippen LogP contribution in [-0.2, 0) is 9.59 Å². The average molecular weight is 382 g/mol. The molecule has 1 aromatic carbocycles. The Labute approximate surface area is 162 Å². The Morgan fingerprint density at radius 3 is 2.54 bits per heavy atom. The highest BCUT2D eigenvalue weighted by Gasteiger charge is 2.56. The van der Waals surface area contributed by atoms with Gasteiger partial charge in [0.25, 0.3) is 5.91 Å². The van der Waals surface area contributed by atoms with E-state index in [0.717, 1.165) is 27.5 Å². The molecule has 0 spiro atoms. The largest absolute Gasteiger partial charge is 0.368 e. The van der Waals surface area contributed by atoms with E-state index in [4.69, 9.17) is 10.7 Å². The number of amides is 4. The number of hydrogen-bond acceptors (Lipinski definition) is 6. The number of rotatable bonds is 3. The topological polar surface area (TPSA) is 103 Å². The van der Waals surface area contributed by atoms with Gasteiger partial charge in [0.15, 0.2) is 12.2 Å². The van der Waals surface area contributed by atoms with Crippen molar-refractivity contribution in [1.29, 1.82) is 0 Å². The molecule has 1 aromatic rings.